The smallest absolute Gasteiger partial charge is 0.341 e. The van der Waals surface area contributed by atoms with E-state index in [1.165, 1.54) is 31.5 Å². The molecule has 24 heavy (non-hydrogen) atoms. The summed E-state index contributed by atoms with van der Waals surface area (Å²) in [6.45, 7) is 1.86. The molecule has 124 valence electrons. The summed E-state index contributed by atoms with van der Waals surface area (Å²) in [7, 11) is 1.33. The normalized spacial score (nSPS) is 15.3. The Labute approximate surface area is 136 Å². The van der Waals surface area contributed by atoms with E-state index in [2.05, 4.69) is 0 Å². The summed E-state index contributed by atoms with van der Waals surface area (Å²) >= 11 is 0. The highest BCUT2D eigenvalue weighted by atomic mass is 16.6. The number of carboxylic acids is 1. The zero-order valence-electron chi connectivity index (χ0n) is 13.0. The number of nitrogens with zero attached hydrogens (tertiary/aromatic N) is 2. The Kier molecular flexibility index (Phi) is 3.59. The molecule has 1 aliphatic heterocycles. The van der Waals surface area contributed by atoms with Crippen LogP contribution in [0.25, 0.3) is 11.3 Å². The number of fused-ring (bicyclic) bond motifs is 3. The molecule has 1 N–H and O–H groups in total. The molecule has 2 aromatic rings. The fourth-order valence-electron chi connectivity index (χ4n) is 3.03. The predicted octanol–water partition coefficient (Wildman–Crippen LogP) is 2.25. The molecule has 0 spiro atoms. The van der Waals surface area contributed by atoms with Crippen molar-refractivity contribution in [1.82, 2.24) is 4.57 Å². The second-order valence-corrected chi connectivity index (χ2v) is 5.64. The average molecular weight is 330 g/mol. The van der Waals surface area contributed by atoms with E-state index < -0.39 is 16.3 Å². The zero-order valence-corrected chi connectivity index (χ0v) is 13.0. The number of nitro benzene ring substituents is 1. The third-order valence-electron chi connectivity index (χ3n) is 4.18. The molecule has 1 atom stereocenters. The number of ether oxygens (including phenoxy) is 1. The van der Waals surface area contributed by atoms with Crippen molar-refractivity contribution in [3.8, 4) is 17.0 Å². The molecular weight excluding hydrogens is 316 g/mol. The maximum absolute atomic E-state index is 12.0. The van der Waals surface area contributed by atoms with E-state index in [-0.39, 0.29) is 23.0 Å². The lowest BCUT2D eigenvalue weighted by molar-refractivity contribution is -0.385. The summed E-state index contributed by atoms with van der Waals surface area (Å²) in [5.74, 6) is -1.19. The molecule has 0 bridgehead atoms. The van der Waals surface area contributed by atoms with Gasteiger partial charge in [0.05, 0.1) is 17.7 Å². The minimum Gasteiger partial charge on any atom is -0.490 e. The Morgan fingerprint density at radius 1 is 1.42 bits per heavy atom. The van der Waals surface area contributed by atoms with E-state index in [9.17, 15) is 19.7 Å². The number of nitro groups is 1. The van der Waals surface area contributed by atoms with Gasteiger partial charge < -0.3 is 14.4 Å². The van der Waals surface area contributed by atoms with Crippen molar-refractivity contribution in [3.05, 3.63) is 55.9 Å². The maximum Gasteiger partial charge on any atom is 0.341 e. The molecular formula is C16H14N2O6. The van der Waals surface area contributed by atoms with E-state index in [1.807, 2.05) is 6.92 Å². The first kappa shape index (κ1) is 15.7. The lowest BCUT2D eigenvalue weighted by Gasteiger charge is -2.28. The molecule has 1 aromatic heterocycles. The van der Waals surface area contributed by atoms with Crippen LogP contribution >= 0.6 is 0 Å². The number of carbonyl (C=O) groups is 1. The van der Waals surface area contributed by atoms with Crippen LogP contribution in [0.3, 0.4) is 0 Å². The lowest BCUT2D eigenvalue weighted by Crippen LogP contribution is -2.24. The molecule has 2 heterocycles. The SMILES string of the molecule is COc1cc2c(cc1[N+](=O)[O-])CC(C)n1cc(C(=O)O)c(=O)cc1-2. The fraction of sp³-hybridized carbons (Fsp3) is 0.250. The summed E-state index contributed by atoms with van der Waals surface area (Å²) in [5, 5.41) is 20.3. The number of aromatic nitrogens is 1. The molecule has 8 heteroatoms. The number of carboxylic acid groups (broad SMARTS) is 1. The van der Waals surface area contributed by atoms with Crippen LogP contribution in [0, 0.1) is 10.1 Å². The van der Waals surface area contributed by atoms with Gasteiger partial charge in [-0.05, 0) is 25.0 Å². The van der Waals surface area contributed by atoms with Crippen molar-refractivity contribution in [2.24, 2.45) is 0 Å². The highest BCUT2D eigenvalue weighted by Gasteiger charge is 2.27. The average Bonchev–Trinajstić information content (AvgIpc) is 2.53. The highest BCUT2D eigenvalue weighted by Crippen LogP contribution is 2.40. The van der Waals surface area contributed by atoms with Crippen LogP contribution in [-0.2, 0) is 6.42 Å². The molecule has 1 unspecified atom stereocenters. The Bertz CT molecular complexity index is 931. The number of aromatic carboxylic acids is 1. The fourth-order valence-corrected chi connectivity index (χ4v) is 3.03. The summed E-state index contributed by atoms with van der Waals surface area (Å²) < 4.78 is 6.79. The summed E-state index contributed by atoms with van der Waals surface area (Å²) in [6.07, 6.45) is 1.80. The molecule has 0 radical (unpaired) electrons. The second kappa shape index (κ2) is 5.48. The Balaban J connectivity index is 2.30. The van der Waals surface area contributed by atoms with Crippen molar-refractivity contribution in [1.29, 1.82) is 0 Å². The molecule has 0 saturated heterocycles. The predicted molar refractivity (Wildman–Crippen MR) is 84.7 cm³/mol. The molecule has 0 amide bonds. The first-order chi connectivity index (χ1) is 11.3. The van der Waals surface area contributed by atoms with Gasteiger partial charge in [0.25, 0.3) is 0 Å². The lowest BCUT2D eigenvalue weighted by atomic mass is 9.92. The van der Waals surface area contributed by atoms with Crippen molar-refractivity contribution in [2.45, 2.75) is 19.4 Å². The Hall–Kier alpha value is -3.16. The van der Waals surface area contributed by atoms with Gasteiger partial charge in [0.15, 0.2) is 11.2 Å². The summed E-state index contributed by atoms with van der Waals surface area (Å²) in [4.78, 5) is 33.9. The van der Waals surface area contributed by atoms with Crippen molar-refractivity contribution >= 4 is 11.7 Å². The van der Waals surface area contributed by atoms with E-state index in [4.69, 9.17) is 9.84 Å². The molecule has 3 rings (SSSR count). The molecule has 0 saturated carbocycles. The van der Waals surface area contributed by atoms with Gasteiger partial charge in [0.2, 0.25) is 0 Å². The number of hydrogen-bond donors (Lipinski definition) is 1. The first-order valence-corrected chi connectivity index (χ1v) is 7.18. The third kappa shape index (κ3) is 2.32. The van der Waals surface area contributed by atoms with Gasteiger partial charge in [0.1, 0.15) is 5.56 Å². The third-order valence-corrected chi connectivity index (χ3v) is 4.18. The van der Waals surface area contributed by atoms with Crippen molar-refractivity contribution in [2.75, 3.05) is 7.11 Å². The van der Waals surface area contributed by atoms with Gasteiger partial charge in [-0.15, -0.1) is 0 Å². The number of methoxy groups -OCH3 is 1. The Morgan fingerprint density at radius 2 is 2.12 bits per heavy atom. The molecule has 1 aromatic carbocycles. The van der Waals surface area contributed by atoms with E-state index in [0.717, 1.165) is 5.56 Å². The minimum absolute atomic E-state index is 0.0922. The summed E-state index contributed by atoms with van der Waals surface area (Å²) in [6, 6.07) is 4.08. The number of pyridine rings is 1. The number of hydrogen-bond acceptors (Lipinski definition) is 5. The molecule has 0 aliphatic carbocycles. The van der Waals surface area contributed by atoms with Gasteiger partial charge in [-0.25, -0.2) is 4.79 Å². The topological polar surface area (TPSA) is 112 Å². The maximum atomic E-state index is 12.0. The summed E-state index contributed by atoms with van der Waals surface area (Å²) in [5.41, 5.74) is 0.824. The van der Waals surface area contributed by atoms with E-state index in [1.54, 1.807) is 4.57 Å². The van der Waals surface area contributed by atoms with Gasteiger partial charge >= 0.3 is 11.7 Å². The van der Waals surface area contributed by atoms with Crippen LogP contribution in [0.4, 0.5) is 5.69 Å². The molecule has 8 nitrogen and oxygen atoms in total. The van der Waals surface area contributed by atoms with Crippen LogP contribution in [-0.4, -0.2) is 27.7 Å². The first-order valence-electron chi connectivity index (χ1n) is 7.18. The van der Waals surface area contributed by atoms with Gasteiger partial charge in [-0.3, -0.25) is 14.9 Å². The zero-order chi connectivity index (χ0) is 17.6. The van der Waals surface area contributed by atoms with Crippen LogP contribution < -0.4 is 10.2 Å². The molecule has 1 aliphatic rings. The van der Waals surface area contributed by atoms with Gasteiger partial charge in [-0.1, -0.05) is 0 Å². The van der Waals surface area contributed by atoms with Crippen LogP contribution in [0.2, 0.25) is 0 Å². The number of rotatable bonds is 3. The largest absolute Gasteiger partial charge is 0.490 e. The molecule has 0 fully saturated rings. The second-order valence-electron chi connectivity index (χ2n) is 5.64. The van der Waals surface area contributed by atoms with Gasteiger partial charge in [-0.2, -0.15) is 0 Å². The highest BCUT2D eigenvalue weighted by molar-refractivity contribution is 5.88. The van der Waals surface area contributed by atoms with Crippen LogP contribution in [0.5, 0.6) is 5.75 Å². The standard InChI is InChI=1S/C16H14N2O6/c1-8-3-9-4-13(18(22)23)15(24-2)5-10(9)12-6-14(19)11(16(20)21)7-17(8)12/h4-8H,3H2,1-2H3,(H,20,21). The minimum atomic E-state index is -1.28. The Morgan fingerprint density at radius 3 is 2.71 bits per heavy atom. The van der Waals surface area contributed by atoms with Crippen molar-refractivity contribution in [3.63, 3.8) is 0 Å². The van der Waals surface area contributed by atoms with Gasteiger partial charge in [0, 0.05) is 29.9 Å². The van der Waals surface area contributed by atoms with E-state index in [0.29, 0.717) is 17.7 Å². The monoisotopic (exact) mass is 330 g/mol. The van der Waals surface area contributed by atoms with Crippen LogP contribution in [0.15, 0.2) is 29.2 Å². The number of benzene rings is 1. The van der Waals surface area contributed by atoms with Crippen LogP contribution in [0.1, 0.15) is 28.9 Å². The van der Waals surface area contributed by atoms with Crippen molar-refractivity contribution < 1.29 is 19.6 Å². The van der Waals surface area contributed by atoms with E-state index >= 15 is 0 Å². The quantitative estimate of drug-likeness (QED) is 0.682.